The molecule has 2 aliphatic heterocycles. The number of hydrogen-bond donors (Lipinski definition) is 2. The van der Waals surface area contributed by atoms with Crippen molar-refractivity contribution >= 4 is 40.9 Å². The number of hydrogen-bond acceptors (Lipinski definition) is 7. The van der Waals surface area contributed by atoms with Crippen LogP contribution < -0.4 is 0 Å². The van der Waals surface area contributed by atoms with E-state index in [0.717, 1.165) is 30.1 Å². The minimum Gasteiger partial charge on any atom is -0.284 e. The predicted octanol–water partition coefficient (Wildman–Crippen LogP) is 2.12. The molecule has 1 unspecified atom stereocenters. The molecule has 9 nitrogen and oxygen atoms in total. The molecule has 2 heterocycles. The van der Waals surface area contributed by atoms with Crippen LogP contribution in [0.25, 0.3) is 0 Å². The molecule has 0 saturated carbocycles. The average molecular weight is 507 g/mol. The third-order valence-corrected chi connectivity index (χ3v) is 8.26. The van der Waals surface area contributed by atoms with Gasteiger partial charge in [-0.25, -0.2) is 25.3 Å². The highest BCUT2D eigenvalue weighted by molar-refractivity contribution is 7.97. The summed E-state index contributed by atoms with van der Waals surface area (Å²) in [5.41, 5.74) is 0. The molecule has 2 aliphatic rings. The smallest absolute Gasteiger partial charge is 0.284 e. The Kier molecular flexibility index (Phi) is 16.2. The lowest BCUT2D eigenvalue weighted by atomic mass is 10.2. The molecule has 13 heteroatoms. The van der Waals surface area contributed by atoms with Crippen molar-refractivity contribution in [2.24, 2.45) is 5.92 Å². The van der Waals surface area contributed by atoms with Gasteiger partial charge in [0.15, 0.2) is 19.7 Å². The maximum absolute atomic E-state index is 10.9. The fourth-order valence-corrected chi connectivity index (χ4v) is 6.31. The third-order valence-electron chi connectivity index (χ3n) is 3.43. The van der Waals surface area contributed by atoms with Gasteiger partial charge >= 0.3 is 0 Å². The maximum atomic E-state index is 10.9. The van der Waals surface area contributed by atoms with Gasteiger partial charge in [-0.05, 0) is 25.2 Å². The summed E-state index contributed by atoms with van der Waals surface area (Å²) in [4.78, 5) is 0. The zero-order valence-electron chi connectivity index (χ0n) is 16.8. The molecular formula is C17H30O9S4. The summed E-state index contributed by atoms with van der Waals surface area (Å²) < 4.78 is 86.7. The fourth-order valence-electron chi connectivity index (χ4n) is 2.10. The number of sulfone groups is 3. The van der Waals surface area contributed by atoms with Crippen molar-refractivity contribution < 1.29 is 38.6 Å². The molecule has 0 spiro atoms. The van der Waals surface area contributed by atoms with Gasteiger partial charge in [-0.1, -0.05) is 44.4 Å². The van der Waals surface area contributed by atoms with E-state index in [1.807, 2.05) is 6.92 Å². The van der Waals surface area contributed by atoms with Crippen molar-refractivity contribution in [2.45, 2.75) is 26.2 Å². The Morgan fingerprint density at radius 3 is 1.47 bits per heavy atom. The largest absolute Gasteiger partial charge is 0.299 e. The van der Waals surface area contributed by atoms with Gasteiger partial charge in [0, 0.05) is 10.8 Å². The van der Waals surface area contributed by atoms with Crippen molar-refractivity contribution in [3.8, 4) is 0 Å². The van der Waals surface area contributed by atoms with Crippen molar-refractivity contribution in [1.29, 1.82) is 0 Å². The van der Waals surface area contributed by atoms with Crippen LogP contribution in [-0.2, 0) is 40.9 Å². The average Bonchev–Trinajstić information content (AvgIpc) is 3.15. The van der Waals surface area contributed by atoms with Crippen LogP contribution in [0.1, 0.15) is 26.2 Å². The molecule has 0 aromatic heterocycles. The lowest BCUT2D eigenvalue weighted by molar-refractivity contribution is 0.454. The molecule has 2 fully saturated rings. The lowest BCUT2D eigenvalue weighted by Gasteiger charge is -1.90. The van der Waals surface area contributed by atoms with E-state index in [1.165, 1.54) is 24.3 Å². The summed E-state index contributed by atoms with van der Waals surface area (Å²) in [6.07, 6.45) is 8.15. The summed E-state index contributed by atoms with van der Waals surface area (Å²) in [5, 5.41) is 2.14. The van der Waals surface area contributed by atoms with Crippen LogP contribution in [-0.4, -0.2) is 61.6 Å². The number of allylic oxidation sites excluding steroid dienone is 4. The van der Waals surface area contributed by atoms with Gasteiger partial charge in [0.25, 0.3) is 11.4 Å². The highest BCUT2D eigenvalue weighted by Crippen LogP contribution is 2.16. The molecule has 0 aliphatic carbocycles. The first kappa shape index (κ1) is 31.1. The predicted molar refractivity (Wildman–Crippen MR) is 121 cm³/mol. The van der Waals surface area contributed by atoms with E-state index in [-0.39, 0.29) is 0 Å². The first-order valence-electron chi connectivity index (χ1n) is 8.70. The second-order valence-electron chi connectivity index (χ2n) is 6.32. The molecule has 2 N–H and O–H groups in total. The standard InChI is InChI=1S/C8H10O2S.C5H10O2S.C4H8O2S.H2O3S/c1-3-5-7-11(9,10)8-6-4-2;1-5-2-3-8(6,7)4-5;5-7(6)3-1-2-4-7;1-4(2)3/h3-8H,1-2H2;5H,2-4H2,1H3;1-4H2;(H2,1,2,3). The molecule has 2 saturated heterocycles. The Hall–Kier alpha value is -1.12. The first-order chi connectivity index (χ1) is 13.7. The van der Waals surface area contributed by atoms with Gasteiger partial charge < -0.3 is 0 Å². The van der Waals surface area contributed by atoms with Crippen LogP contribution in [0.2, 0.25) is 0 Å². The van der Waals surface area contributed by atoms with E-state index in [4.69, 9.17) is 13.3 Å². The molecule has 30 heavy (non-hydrogen) atoms. The number of rotatable bonds is 4. The molecule has 0 aromatic rings. The van der Waals surface area contributed by atoms with Gasteiger partial charge in [0.2, 0.25) is 0 Å². The summed E-state index contributed by atoms with van der Waals surface area (Å²) in [7, 11) is -8.35. The molecule has 2 rings (SSSR count). The van der Waals surface area contributed by atoms with E-state index < -0.39 is 40.9 Å². The van der Waals surface area contributed by atoms with Gasteiger partial charge in [0.05, 0.1) is 23.0 Å². The van der Waals surface area contributed by atoms with Gasteiger partial charge in [0.1, 0.15) is 9.84 Å². The van der Waals surface area contributed by atoms with Crippen molar-refractivity contribution in [2.75, 3.05) is 23.0 Å². The van der Waals surface area contributed by atoms with E-state index >= 15 is 0 Å². The zero-order valence-corrected chi connectivity index (χ0v) is 20.1. The van der Waals surface area contributed by atoms with E-state index in [1.54, 1.807) is 0 Å². The Bertz CT molecular complexity index is 872. The monoisotopic (exact) mass is 506 g/mol. The second kappa shape index (κ2) is 15.6. The molecule has 0 radical (unpaired) electrons. The second-order valence-corrected chi connectivity index (χ2v) is 13.0. The minimum atomic E-state index is -3.21. The summed E-state index contributed by atoms with van der Waals surface area (Å²) in [6.45, 7) is 8.67. The molecule has 1 atom stereocenters. The van der Waals surface area contributed by atoms with Crippen LogP contribution in [0.3, 0.4) is 0 Å². The SMILES string of the molecule is C=CC=CS(=O)(=O)C=CC=C.CC1CCS(=O)(=O)C1.O=S(O)O.O=S1(=O)CCCC1. The normalized spacial score (nSPS) is 21.7. The Morgan fingerprint density at radius 1 is 0.900 bits per heavy atom. The quantitative estimate of drug-likeness (QED) is 0.430. The molecular weight excluding hydrogens is 476 g/mol. The van der Waals surface area contributed by atoms with Crippen LogP contribution in [0.5, 0.6) is 0 Å². The van der Waals surface area contributed by atoms with Crippen LogP contribution >= 0.6 is 0 Å². The van der Waals surface area contributed by atoms with Crippen molar-refractivity contribution in [1.82, 2.24) is 0 Å². The van der Waals surface area contributed by atoms with Crippen molar-refractivity contribution in [3.63, 3.8) is 0 Å². The van der Waals surface area contributed by atoms with Crippen molar-refractivity contribution in [3.05, 3.63) is 48.3 Å². The molecule has 0 bridgehead atoms. The topological polar surface area (TPSA) is 160 Å². The van der Waals surface area contributed by atoms with Crippen LogP contribution in [0.15, 0.2) is 48.3 Å². The van der Waals surface area contributed by atoms with E-state index in [2.05, 4.69) is 13.2 Å². The van der Waals surface area contributed by atoms with Gasteiger partial charge in [-0.15, -0.1) is 0 Å². The Morgan fingerprint density at radius 2 is 1.30 bits per heavy atom. The summed E-state index contributed by atoms with van der Waals surface area (Å²) >= 11 is -2.61. The zero-order chi connectivity index (χ0) is 23.8. The van der Waals surface area contributed by atoms with Crippen LogP contribution in [0, 0.1) is 5.92 Å². The van der Waals surface area contributed by atoms with Gasteiger partial charge in [-0.2, -0.15) is 4.21 Å². The Balaban J connectivity index is 0. The van der Waals surface area contributed by atoms with E-state index in [9.17, 15) is 25.3 Å². The van der Waals surface area contributed by atoms with Crippen LogP contribution in [0.4, 0.5) is 0 Å². The lowest BCUT2D eigenvalue weighted by Crippen LogP contribution is -2.01. The third kappa shape index (κ3) is 21.6. The Labute approximate surface area is 182 Å². The van der Waals surface area contributed by atoms with Gasteiger partial charge in [-0.3, -0.25) is 9.11 Å². The highest BCUT2D eigenvalue weighted by Gasteiger charge is 2.23. The van der Waals surface area contributed by atoms with E-state index in [0.29, 0.717) is 28.9 Å². The highest BCUT2D eigenvalue weighted by atomic mass is 32.2. The fraction of sp³-hybridized carbons (Fsp3) is 0.529. The molecule has 0 aromatic carbocycles. The molecule has 176 valence electrons. The summed E-state index contributed by atoms with van der Waals surface area (Å²) in [5.74, 6) is 2.07. The first-order valence-corrected chi connectivity index (χ1v) is 15.0. The minimum absolute atomic E-state index is 0.403. The summed E-state index contributed by atoms with van der Waals surface area (Å²) in [6, 6.07) is 0. The maximum Gasteiger partial charge on any atom is 0.299 e. The molecule has 0 amide bonds.